The summed E-state index contributed by atoms with van der Waals surface area (Å²) < 4.78 is 83.3. The first-order chi connectivity index (χ1) is 12.3. The number of carbonyl (C=O) groups excluding carboxylic acids is 2. The molecule has 9 heteroatoms. The van der Waals surface area contributed by atoms with Gasteiger partial charge >= 0.3 is 12.4 Å². The van der Waals surface area contributed by atoms with Crippen LogP contribution in [0.5, 0.6) is 0 Å². The Morgan fingerprint density at radius 3 is 1.30 bits per heavy atom. The van der Waals surface area contributed by atoms with Gasteiger partial charge in [0.05, 0.1) is 0 Å². The second-order valence-corrected chi connectivity index (χ2v) is 5.82. The molecule has 0 spiro atoms. The molecule has 2 N–H and O–H groups in total. The third kappa shape index (κ3) is 3.41. The number of halogens is 6. The first-order valence-electron chi connectivity index (χ1n) is 7.47. The zero-order valence-corrected chi connectivity index (χ0v) is 13.8. The lowest BCUT2D eigenvalue weighted by Crippen LogP contribution is -2.54. The van der Waals surface area contributed by atoms with Gasteiger partial charge in [-0.3, -0.25) is 9.59 Å². The topological polar surface area (TPSA) is 60.2 Å². The van der Waals surface area contributed by atoms with Crippen molar-refractivity contribution in [2.45, 2.75) is 24.7 Å². The number of carbonyl (C=O) groups is 2. The number of benzene rings is 2. The van der Waals surface area contributed by atoms with Crippen LogP contribution in [-0.2, 0) is 5.41 Å². The third-order valence-electron chi connectivity index (χ3n) is 4.18. The molecule has 0 aliphatic rings. The lowest BCUT2D eigenvalue weighted by Gasteiger charge is -2.38. The Bertz CT molecular complexity index is 778. The lowest BCUT2D eigenvalue weighted by atomic mass is 9.72. The van der Waals surface area contributed by atoms with Crippen LogP contribution in [0.25, 0.3) is 0 Å². The summed E-state index contributed by atoms with van der Waals surface area (Å²) in [5, 5.41) is 0. The minimum absolute atomic E-state index is 0.0268. The zero-order valence-electron chi connectivity index (χ0n) is 13.8. The van der Waals surface area contributed by atoms with Crippen molar-refractivity contribution >= 4 is 11.7 Å². The Hall–Kier alpha value is -2.84. The monoisotopic (exact) mass is 389 g/mol. The van der Waals surface area contributed by atoms with Gasteiger partial charge in [-0.2, -0.15) is 26.3 Å². The smallest absolute Gasteiger partial charge is 0.366 e. The summed E-state index contributed by atoms with van der Waals surface area (Å²) in [5.74, 6) is -1.49. The Morgan fingerprint density at radius 2 is 1.04 bits per heavy atom. The van der Waals surface area contributed by atoms with E-state index in [1.165, 1.54) is 0 Å². The molecule has 2 aromatic rings. The highest BCUT2D eigenvalue weighted by molar-refractivity contribution is 5.94. The molecule has 0 aromatic heterocycles. The van der Waals surface area contributed by atoms with E-state index in [1.807, 2.05) is 0 Å². The largest absolute Gasteiger partial charge is 0.411 e. The number of nitrogens with two attached hydrogens (primary N) is 1. The Labute approximate surface area is 149 Å². The molecule has 0 aliphatic heterocycles. The van der Waals surface area contributed by atoms with E-state index < -0.39 is 40.6 Å². The summed E-state index contributed by atoms with van der Waals surface area (Å²) in [7, 11) is 0. The van der Waals surface area contributed by atoms with Crippen LogP contribution in [0.15, 0.2) is 48.5 Å². The predicted octanol–water partition coefficient (Wildman–Crippen LogP) is 4.40. The van der Waals surface area contributed by atoms with E-state index >= 15 is 0 Å². The number of primary amides is 1. The molecule has 0 fully saturated rings. The minimum Gasteiger partial charge on any atom is -0.366 e. The fraction of sp³-hybridized carbons (Fsp3) is 0.222. The summed E-state index contributed by atoms with van der Waals surface area (Å²) in [6.07, 6.45) is -11.5. The molecule has 144 valence electrons. The van der Waals surface area contributed by atoms with Gasteiger partial charge < -0.3 is 5.73 Å². The summed E-state index contributed by atoms with van der Waals surface area (Å²) in [4.78, 5) is 22.4. The van der Waals surface area contributed by atoms with Gasteiger partial charge in [0.25, 0.3) is 0 Å². The fourth-order valence-corrected chi connectivity index (χ4v) is 2.82. The Balaban J connectivity index is 2.82. The first kappa shape index (κ1) is 20.5. The van der Waals surface area contributed by atoms with Crippen LogP contribution >= 0.6 is 0 Å². The average molecular weight is 389 g/mol. The fourth-order valence-electron chi connectivity index (χ4n) is 2.82. The van der Waals surface area contributed by atoms with Gasteiger partial charge in [-0.15, -0.1) is 0 Å². The Kier molecular flexibility index (Phi) is 5.09. The molecule has 0 saturated carbocycles. The van der Waals surface area contributed by atoms with Gasteiger partial charge in [-0.25, -0.2) is 0 Å². The Morgan fingerprint density at radius 1 is 0.704 bits per heavy atom. The number of hydrogen-bond acceptors (Lipinski definition) is 2. The predicted molar refractivity (Wildman–Crippen MR) is 84.3 cm³/mol. The molecule has 0 radical (unpaired) electrons. The summed E-state index contributed by atoms with van der Waals surface area (Å²) >= 11 is 0. The first-order valence-corrected chi connectivity index (χ1v) is 7.47. The van der Waals surface area contributed by atoms with Crippen molar-refractivity contribution in [3.05, 3.63) is 70.8 Å². The maximum Gasteiger partial charge on any atom is 0.411 e. The maximum atomic E-state index is 13.9. The molecule has 0 saturated heterocycles. The van der Waals surface area contributed by atoms with Gasteiger partial charge in [0.15, 0.2) is 5.78 Å². The lowest BCUT2D eigenvalue weighted by molar-refractivity contribution is -0.288. The SMILES string of the molecule is CC(=O)c1ccc(C(c2ccc(C(N)=O)cc2)(C(F)(F)F)C(F)(F)F)cc1. The normalized spacial score (nSPS) is 12.7. The number of alkyl halides is 6. The molecule has 0 unspecified atom stereocenters. The van der Waals surface area contributed by atoms with Crippen molar-refractivity contribution in [2.24, 2.45) is 5.73 Å². The molecule has 3 nitrogen and oxygen atoms in total. The van der Waals surface area contributed by atoms with Crippen molar-refractivity contribution < 1.29 is 35.9 Å². The van der Waals surface area contributed by atoms with Gasteiger partial charge in [0, 0.05) is 11.1 Å². The molecule has 0 bridgehead atoms. The van der Waals surface area contributed by atoms with E-state index in [9.17, 15) is 35.9 Å². The van der Waals surface area contributed by atoms with Crippen molar-refractivity contribution in [2.75, 3.05) is 0 Å². The van der Waals surface area contributed by atoms with Crippen LogP contribution in [0.3, 0.4) is 0 Å². The van der Waals surface area contributed by atoms with Crippen molar-refractivity contribution in [1.29, 1.82) is 0 Å². The third-order valence-corrected chi connectivity index (χ3v) is 4.18. The van der Waals surface area contributed by atoms with E-state index in [4.69, 9.17) is 5.73 Å². The highest BCUT2D eigenvalue weighted by Gasteiger charge is 2.72. The standard InChI is InChI=1S/C18H13F6NO2/c1-10(26)11-2-6-13(7-3-11)16(17(19,20)21,18(22,23)24)14-8-4-12(5-9-14)15(25)27/h2-9H,1H3,(H2,25,27). The quantitative estimate of drug-likeness (QED) is 0.623. The molecular weight excluding hydrogens is 376 g/mol. The number of ketones is 1. The summed E-state index contributed by atoms with van der Waals surface area (Å²) in [6.45, 7) is 1.14. The maximum absolute atomic E-state index is 13.9. The molecule has 0 atom stereocenters. The second-order valence-electron chi connectivity index (χ2n) is 5.82. The van der Waals surface area contributed by atoms with Gasteiger partial charge in [0.1, 0.15) is 0 Å². The highest BCUT2D eigenvalue weighted by Crippen LogP contribution is 2.56. The van der Waals surface area contributed by atoms with Crippen LogP contribution in [0.2, 0.25) is 0 Å². The van der Waals surface area contributed by atoms with Crippen LogP contribution in [-0.4, -0.2) is 24.0 Å². The molecule has 0 heterocycles. The molecule has 2 aromatic carbocycles. The van der Waals surface area contributed by atoms with E-state index in [1.54, 1.807) is 0 Å². The second kappa shape index (κ2) is 6.71. The minimum atomic E-state index is -5.75. The number of amides is 1. The van der Waals surface area contributed by atoms with Crippen LogP contribution in [0.1, 0.15) is 38.8 Å². The molecule has 27 heavy (non-hydrogen) atoms. The van der Waals surface area contributed by atoms with E-state index in [0.29, 0.717) is 24.3 Å². The molecule has 2 rings (SSSR count). The van der Waals surface area contributed by atoms with Gasteiger partial charge in [-0.05, 0) is 30.2 Å². The number of hydrogen-bond donors (Lipinski definition) is 1. The van der Waals surface area contributed by atoms with Crippen LogP contribution < -0.4 is 5.73 Å². The van der Waals surface area contributed by atoms with Crippen molar-refractivity contribution in [3.63, 3.8) is 0 Å². The molecule has 1 amide bonds. The highest BCUT2D eigenvalue weighted by atomic mass is 19.4. The van der Waals surface area contributed by atoms with E-state index in [-0.39, 0.29) is 11.1 Å². The summed E-state index contributed by atoms with van der Waals surface area (Å²) in [6, 6.07) is 5.80. The van der Waals surface area contributed by atoms with Crippen LogP contribution in [0.4, 0.5) is 26.3 Å². The van der Waals surface area contributed by atoms with Gasteiger partial charge in [-0.1, -0.05) is 36.4 Å². The van der Waals surface area contributed by atoms with Gasteiger partial charge in [0.2, 0.25) is 11.3 Å². The molecule has 0 aliphatic carbocycles. The summed E-state index contributed by atoms with van der Waals surface area (Å²) in [5.41, 5.74) is -1.84. The number of rotatable bonds is 4. The average Bonchev–Trinajstić information content (AvgIpc) is 2.53. The zero-order chi connectivity index (χ0) is 20.6. The number of Topliss-reactive ketones (excluding diaryl/α,β-unsaturated/α-hetero) is 1. The van der Waals surface area contributed by atoms with Crippen LogP contribution in [0, 0.1) is 0 Å². The molecular formula is C18H13F6NO2. The van der Waals surface area contributed by atoms with E-state index in [0.717, 1.165) is 31.2 Å². The van der Waals surface area contributed by atoms with Crippen molar-refractivity contribution in [1.82, 2.24) is 0 Å². The van der Waals surface area contributed by atoms with E-state index in [2.05, 4.69) is 0 Å². The van der Waals surface area contributed by atoms with Crippen molar-refractivity contribution in [3.8, 4) is 0 Å².